The number of amides is 1. The van der Waals surface area contributed by atoms with Crippen molar-refractivity contribution in [1.29, 1.82) is 0 Å². The summed E-state index contributed by atoms with van der Waals surface area (Å²) in [6.45, 7) is 0.370. The van der Waals surface area contributed by atoms with Gasteiger partial charge in [0, 0.05) is 37.1 Å². The lowest BCUT2D eigenvalue weighted by Gasteiger charge is -2.24. The molecule has 198 valence electrons. The molecule has 0 N–H and O–H groups in total. The summed E-state index contributed by atoms with van der Waals surface area (Å²) in [5, 5.41) is 0. The van der Waals surface area contributed by atoms with Crippen LogP contribution in [0.25, 0.3) is 17.2 Å². The number of methoxy groups -OCH3 is 2. The van der Waals surface area contributed by atoms with Crippen LogP contribution in [0, 0.1) is 0 Å². The van der Waals surface area contributed by atoms with E-state index in [-0.39, 0.29) is 5.91 Å². The summed E-state index contributed by atoms with van der Waals surface area (Å²) < 4.78 is 9.95. The molecule has 6 heteroatoms. The monoisotopic (exact) mass is 520 g/mol. The van der Waals surface area contributed by atoms with Gasteiger partial charge in [-0.15, -0.1) is 0 Å². The highest BCUT2D eigenvalue weighted by atomic mass is 16.5. The third-order valence-corrected chi connectivity index (χ3v) is 6.39. The predicted octanol–water partition coefficient (Wildman–Crippen LogP) is 6.46. The van der Waals surface area contributed by atoms with E-state index in [1.807, 2.05) is 50.5 Å². The molecule has 0 spiro atoms. The van der Waals surface area contributed by atoms with Crippen molar-refractivity contribution in [2.24, 2.45) is 0 Å². The first-order chi connectivity index (χ1) is 18.9. The zero-order valence-electron chi connectivity index (χ0n) is 22.6. The number of esters is 1. The molecule has 0 saturated heterocycles. The van der Waals surface area contributed by atoms with Gasteiger partial charge in [0.15, 0.2) is 0 Å². The molecule has 0 aliphatic carbocycles. The van der Waals surface area contributed by atoms with E-state index in [1.165, 1.54) is 13.2 Å². The summed E-state index contributed by atoms with van der Waals surface area (Å²) in [5.74, 6) is 0.0976. The lowest BCUT2D eigenvalue weighted by molar-refractivity contribution is -0.134. The summed E-state index contributed by atoms with van der Waals surface area (Å²) in [6.07, 6.45) is 3.03. The Labute approximate surface area is 229 Å². The van der Waals surface area contributed by atoms with E-state index >= 15 is 0 Å². The summed E-state index contributed by atoms with van der Waals surface area (Å²) in [7, 11) is 6.97. The van der Waals surface area contributed by atoms with E-state index in [9.17, 15) is 9.59 Å². The van der Waals surface area contributed by atoms with Gasteiger partial charge < -0.3 is 19.3 Å². The highest BCUT2D eigenvalue weighted by molar-refractivity contribution is 6.06. The smallest absolute Gasteiger partial charge is 0.330 e. The highest BCUT2D eigenvalue weighted by Gasteiger charge is 2.19. The maximum atomic E-state index is 13.7. The molecule has 0 atom stereocenters. The Bertz CT molecular complexity index is 1440. The standard InChI is InChI=1S/C33H32N2O4/c1-34(2)29-17-13-27(14-18-29)26-11-8-25(9-12-26)23-35(33(37)28-15-19-31(38-3)20-16-28)30-7-5-6-24(22-30)10-21-32(36)39-4/h5-22H,23H2,1-4H3/b21-10+. The van der Waals surface area contributed by atoms with E-state index in [0.29, 0.717) is 23.5 Å². The molecule has 1 amide bonds. The first-order valence-corrected chi connectivity index (χ1v) is 12.6. The number of rotatable bonds is 9. The van der Waals surface area contributed by atoms with Gasteiger partial charge in [0.25, 0.3) is 5.91 Å². The van der Waals surface area contributed by atoms with Gasteiger partial charge in [-0.25, -0.2) is 4.79 Å². The van der Waals surface area contributed by atoms with E-state index in [4.69, 9.17) is 9.47 Å². The Balaban J connectivity index is 1.63. The number of anilines is 2. The molecule has 0 aliphatic rings. The Kier molecular flexibility index (Phi) is 8.79. The van der Waals surface area contributed by atoms with Crippen molar-refractivity contribution in [2.75, 3.05) is 38.1 Å². The fourth-order valence-electron chi connectivity index (χ4n) is 4.14. The van der Waals surface area contributed by atoms with Gasteiger partial charge in [-0.2, -0.15) is 0 Å². The van der Waals surface area contributed by atoms with Crippen LogP contribution in [0.2, 0.25) is 0 Å². The first kappa shape index (κ1) is 27.2. The van der Waals surface area contributed by atoms with Crippen molar-refractivity contribution in [2.45, 2.75) is 6.54 Å². The minimum atomic E-state index is -0.442. The molecule has 4 rings (SSSR count). The van der Waals surface area contributed by atoms with Gasteiger partial charge >= 0.3 is 5.97 Å². The fourth-order valence-corrected chi connectivity index (χ4v) is 4.14. The summed E-state index contributed by atoms with van der Waals surface area (Å²) in [4.78, 5) is 29.1. The van der Waals surface area contributed by atoms with Gasteiger partial charge in [-0.3, -0.25) is 4.79 Å². The van der Waals surface area contributed by atoms with Crippen LogP contribution >= 0.6 is 0 Å². The van der Waals surface area contributed by atoms with Crippen LogP contribution in [0.4, 0.5) is 11.4 Å². The maximum absolute atomic E-state index is 13.7. The number of carbonyl (C=O) groups is 2. The van der Waals surface area contributed by atoms with Crippen LogP contribution in [0.1, 0.15) is 21.5 Å². The zero-order valence-corrected chi connectivity index (χ0v) is 22.6. The van der Waals surface area contributed by atoms with Crippen LogP contribution in [0.3, 0.4) is 0 Å². The normalized spacial score (nSPS) is 10.8. The SMILES string of the molecule is COC(=O)/C=C/c1cccc(N(Cc2ccc(-c3ccc(N(C)C)cc3)cc2)C(=O)c2ccc(OC)cc2)c1. The number of hydrogen-bond acceptors (Lipinski definition) is 5. The molecule has 0 fully saturated rings. The molecule has 39 heavy (non-hydrogen) atoms. The maximum Gasteiger partial charge on any atom is 0.330 e. The first-order valence-electron chi connectivity index (χ1n) is 12.6. The van der Waals surface area contributed by atoms with Crippen molar-refractivity contribution >= 4 is 29.3 Å². The van der Waals surface area contributed by atoms with Crippen LogP contribution in [0.5, 0.6) is 5.75 Å². The highest BCUT2D eigenvalue weighted by Crippen LogP contribution is 2.26. The van der Waals surface area contributed by atoms with Crippen molar-refractivity contribution in [1.82, 2.24) is 0 Å². The van der Waals surface area contributed by atoms with Crippen LogP contribution in [0.15, 0.2) is 103 Å². The molecule has 0 aliphatic heterocycles. The Morgan fingerprint density at radius 2 is 1.41 bits per heavy atom. The molecule has 0 aromatic heterocycles. The van der Waals surface area contributed by atoms with Gasteiger partial charge in [0.05, 0.1) is 20.8 Å². The number of benzene rings is 4. The Hall–Kier alpha value is -4.84. The summed E-state index contributed by atoms with van der Waals surface area (Å²) >= 11 is 0. The van der Waals surface area contributed by atoms with Crippen molar-refractivity contribution in [3.63, 3.8) is 0 Å². The number of carbonyl (C=O) groups excluding carboxylic acids is 2. The molecule has 0 heterocycles. The second kappa shape index (κ2) is 12.6. The molecule has 0 bridgehead atoms. The Morgan fingerprint density at radius 3 is 2.00 bits per heavy atom. The second-order valence-electron chi connectivity index (χ2n) is 9.21. The van der Waals surface area contributed by atoms with Crippen molar-refractivity contribution < 1.29 is 19.1 Å². The largest absolute Gasteiger partial charge is 0.497 e. The quantitative estimate of drug-likeness (QED) is 0.187. The average molecular weight is 521 g/mol. The summed E-state index contributed by atoms with van der Waals surface area (Å²) in [5.41, 5.74) is 6.40. The van der Waals surface area contributed by atoms with Crippen molar-refractivity contribution in [3.05, 3.63) is 120 Å². The average Bonchev–Trinajstić information content (AvgIpc) is 2.98. The van der Waals surface area contributed by atoms with Gasteiger partial charge in [-0.1, -0.05) is 48.5 Å². The molecular formula is C33H32N2O4. The lowest BCUT2D eigenvalue weighted by atomic mass is 10.0. The van der Waals surface area contributed by atoms with E-state index in [1.54, 1.807) is 42.4 Å². The molecule has 4 aromatic rings. The molecule has 0 unspecified atom stereocenters. The lowest BCUT2D eigenvalue weighted by Crippen LogP contribution is -2.30. The number of hydrogen-bond donors (Lipinski definition) is 0. The fraction of sp³-hybridized carbons (Fsp3) is 0.152. The predicted molar refractivity (Wildman–Crippen MR) is 157 cm³/mol. The van der Waals surface area contributed by atoms with Crippen LogP contribution in [-0.2, 0) is 16.1 Å². The molecule has 0 saturated carbocycles. The third-order valence-electron chi connectivity index (χ3n) is 6.39. The van der Waals surface area contributed by atoms with Gasteiger partial charge in [-0.05, 0) is 76.9 Å². The molecule has 4 aromatic carbocycles. The second-order valence-corrected chi connectivity index (χ2v) is 9.21. The van der Waals surface area contributed by atoms with Crippen molar-refractivity contribution in [3.8, 4) is 16.9 Å². The Morgan fingerprint density at radius 1 is 0.769 bits per heavy atom. The molecule has 0 radical (unpaired) electrons. The molecular weight excluding hydrogens is 488 g/mol. The van der Waals surface area contributed by atoms with E-state index in [0.717, 1.165) is 27.9 Å². The van der Waals surface area contributed by atoms with E-state index in [2.05, 4.69) is 41.3 Å². The topological polar surface area (TPSA) is 59.1 Å². The summed E-state index contributed by atoms with van der Waals surface area (Å²) in [6, 6.07) is 31.2. The minimum Gasteiger partial charge on any atom is -0.497 e. The number of ether oxygens (including phenoxy) is 2. The minimum absolute atomic E-state index is 0.143. The van der Waals surface area contributed by atoms with E-state index < -0.39 is 5.97 Å². The van der Waals surface area contributed by atoms with Crippen LogP contribution < -0.4 is 14.5 Å². The van der Waals surface area contributed by atoms with Gasteiger partial charge in [0.2, 0.25) is 0 Å². The number of nitrogens with zero attached hydrogens (tertiary/aromatic N) is 2. The third kappa shape index (κ3) is 6.93. The molecule has 6 nitrogen and oxygen atoms in total. The zero-order chi connectivity index (χ0) is 27.8. The van der Waals surface area contributed by atoms with Crippen LogP contribution in [-0.4, -0.2) is 40.2 Å². The van der Waals surface area contributed by atoms with Gasteiger partial charge in [0.1, 0.15) is 5.75 Å².